The number of hydrogen-bond donors (Lipinski definition) is 0. The smallest absolute Gasteiger partial charge is 0.311 e. The molecule has 0 saturated carbocycles. The summed E-state index contributed by atoms with van der Waals surface area (Å²) in [6.45, 7) is 7.25. The van der Waals surface area contributed by atoms with E-state index in [9.17, 15) is 9.59 Å². The number of ether oxygens (including phenoxy) is 3. The highest BCUT2D eigenvalue weighted by molar-refractivity contribution is 5.76. The van der Waals surface area contributed by atoms with Crippen molar-refractivity contribution >= 4 is 11.9 Å². The van der Waals surface area contributed by atoms with Crippen molar-refractivity contribution in [3.05, 3.63) is 18.2 Å². The Bertz CT molecular complexity index is 730. The molecule has 0 atom stereocenters. The number of carbonyl (C=O) groups is 2. The number of benzene rings is 1. The van der Waals surface area contributed by atoms with Gasteiger partial charge in [0.2, 0.25) is 0 Å². The first-order valence-corrected chi connectivity index (χ1v) is 15.8. The molecular weight excluding hydrogens is 476 g/mol. The van der Waals surface area contributed by atoms with E-state index in [1.807, 2.05) is 0 Å². The van der Waals surface area contributed by atoms with Crippen molar-refractivity contribution in [3.8, 4) is 17.2 Å². The molecule has 1 aromatic rings. The maximum Gasteiger partial charge on any atom is 0.311 e. The summed E-state index contributed by atoms with van der Waals surface area (Å²) in [5.74, 6) is 0.618. The summed E-state index contributed by atoms with van der Waals surface area (Å²) in [5.41, 5.74) is 0. The highest BCUT2D eigenvalue weighted by Crippen LogP contribution is 2.33. The Hall–Kier alpha value is -2.04. The monoisotopic (exact) mass is 532 g/mol. The molecule has 0 N–H and O–H groups in total. The number of carbonyl (C=O) groups excluding carboxylic acids is 2. The number of esters is 2. The predicted octanol–water partition coefficient (Wildman–Crippen LogP) is 10.1. The third-order valence-corrected chi connectivity index (χ3v) is 6.85. The number of unbranched alkanes of at least 4 members (excludes halogenated alkanes) is 16. The molecular formula is C33H56O5. The standard InChI is InChI=1S/C33H56O5/c1-4-7-10-13-16-19-22-27-36-29-25-26-30(37-32(34)23-20-17-14-11-8-5-2)31(28-29)38-33(35)24-21-18-15-12-9-6-3/h25-26,28H,4-24,27H2,1-3H3. The molecule has 0 saturated heterocycles. The third-order valence-electron chi connectivity index (χ3n) is 6.85. The molecule has 0 unspecified atom stereocenters. The van der Waals surface area contributed by atoms with Crippen LogP contribution in [0, 0.1) is 0 Å². The van der Waals surface area contributed by atoms with Gasteiger partial charge in [0.15, 0.2) is 11.5 Å². The van der Waals surface area contributed by atoms with Crippen LogP contribution in [0.5, 0.6) is 17.2 Å². The van der Waals surface area contributed by atoms with Gasteiger partial charge in [-0.25, -0.2) is 0 Å². The van der Waals surface area contributed by atoms with Crippen molar-refractivity contribution < 1.29 is 23.8 Å². The van der Waals surface area contributed by atoms with Gasteiger partial charge in [0.25, 0.3) is 0 Å². The minimum Gasteiger partial charge on any atom is -0.493 e. The fourth-order valence-electron chi connectivity index (χ4n) is 4.44. The lowest BCUT2D eigenvalue weighted by molar-refractivity contribution is -0.137. The Morgan fingerprint density at radius 1 is 0.526 bits per heavy atom. The fourth-order valence-corrected chi connectivity index (χ4v) is 4.44. The summed E-state index contributed by atoms with van der Waals surface area (Å²) in [5, 5.41) is 0. The Kier molecular flexibility index (Phi) is 21.5. The third kappa shape index (κ3) is 18.3. The second-order valence-electron chi connectivity index (χ2n) is 10.6. The van der Waals surface area contributed by atoms with Crippen LogP contribution >= 0.6 is 0 Å². The van der Waals surface area contributed by atoms with Crippen LogP contribution in [0.3, 0.4) is 0 Å². The molecule has 0 bridgehead atoms. The molecule has 0 heterocycles. The van der Waals surface area contributed by atoms with Crippen molar-refractivity contribution in [1.29, 1.82) is 0 Å². The van der Waals surface area contributed by atoms with Gasteiger partial charge in [-0.1, -0.05) is 124 Å². The van der Waals surface area contributed by atoms with Crippen LogP contribution in [-0.4, -0.2) is 18.5 Å². The van der Waals surface area contributed by atoms with Crippen molar-refractivity contribution in [2.45, 2.75) is 156 Å². The molecule has 218 valence electrons. The first-order chi connectivity index (χ1) is 18.6. The van der Waals surface area contributed by atoms with Crippen LogP contribution in [0.2, 0.25) is 0 Å². The topological polar surface area (TPSA) is 61.8 Å². The molecule has 0 spiro atoms. The van der Waals surface area contributed by atoms with Gasteiger partial charge in [0, 0.05) is 18.9 Å². The number of rotatable bonds is 25. The van der Waals surface area contributed by atoms with Crippen LogP contribution < -0.4 is 14.2 Å². The second-order valence-corrected chi connectivity index (χ2v) is 10.6. The van der Waals surface area contributed by atoms with E-state index in [-0.39, 0.29) is 17.7 Å². The highest BCUT2D eigenvalue weighted by atomic mass is 16.6. The van der Waals surface area contributed by atoms with E-state index in [4.69, 9.17) is 14.2 Å². The van der Waals surface area contributed by atoms with E-state index in [1.165, 1.54) is 70.6 Å². The summed E-state index contributed by atoms with van der Waals surface area (Å²) in [6, 6.07) is 5.17. The zero-order valence-corrected chi connectivity index (χ0v) is 24.8. The quantitative estimate of drug-likeness (QED) is 0.0712. The van der Waals surface area contributed by atoms with Crippen LogP contribution in [0.4, 0.5) is 0 Å². The molecule has 0 aromatic heterocycles. The highest BCUT2D eigenvalue weighted by Gasteiger charge is 2.15. The summed E-state index contributed by atoms with van der Waals surface area (Å²) in [4.78, 5) is 25.0. The van der Waals surface area contributed by atoms with E-state index < -0.39 is 0 Å². The Morgan fingerprint density at radius 3 is 1.45 bits per heavy atom. The van der Waals surface area contributed by atoms with Gasteiger partial charge < -0.3 is 14.2 Å². The van der Waals surface area contributed by atoms with Crippen molar-refractivity contribution in [3.63, 3.8) is 0 Å². The molecule has 0 amide bonds. The lowest BCUT2D eigenvalue weighted by atomic mass is 10.1. The molecule has 5 heteroatoms. The summed E-state index contributed by atoms with van der Waals surface area (Å²) in [7, 11) is 0. The maximum absolute atomic E-state index is 12.6. The molecule has 0 radical (unpaired) electrons. The van der Waals surface area contributed by atoms with Gasteiger partial charge >= 0.3 is 11.9 Å². The van der Waals surface area contributed by atoms with Crippen molar-refractivity contribution in [1.82, 2.24) is 0 Å². The van der Waals surface area contributed by atoms with Crippen LogP contribution in [0.1, 0.15) is 156 Å². The van der Waals surface area contributed by atoms with E-state index in [2.05, 4.69) is 20.8 Å². The van der Waals surface area contributed by atoms with Gasteiger partial charge in [-0.05, 0) is 31.4 Å². The van der Waals surface area contributed by atoms with Crippen LogP contribution in [-0.2, 0) is 9.59 Å². The zero-order valence-electron chi connectivity index (χ0n) is 24.8. The van der Waals surface area contributed by atoms with Gasteiger partial charge in [-0.2, -0.15) is 0 Å². The minimum atomic E-state index is -0.294. The maximum atomic E-state index is 12.6. The molecule has 1 rings (SSSR count). The Labute approximate surface area is 233 Å². The lowest BCUT2D eigenvalue weighted by Gasteiger charge is -2.13. The molecule has 0 aliphatic carbocycles. The van der Waals surface area contributed by atoms with Crippen LogP contribution in [0.15, 0.2) is 18.2 Å². The summed E-state index contributed by atoms with van der Waals surface area (Å²) in [6.07, 6.45) is 22.6. The zero-order chi connectivity index (χ0) is 27.7. The molecule has 5 nitrogen and oxygen atoms in total. The number of hydrogen-bond acceptors (Lipinski definition) is 5. The average Bonchev–Trinajstić information content (AvgIpc) is 2.91. The summed E-state index contributed by atoms with van der Waals surface area (Å²) < 4.78 is 17.2. The van der Waals surface area contributed by atoms with Gasteiger partial charge in [0.05, 0.1) is 6.61 Å². The van der Waals surface area contributed by atoms with Crippen molar-refractivity contribution in [2.75, 3.05) is 6.61 Å². The normalized spacial score (nSPS) is 10.9. The van der Waals surface area contributed by atoms with Crippen LogP contribution in [0.25, 0.3) is 0 Å². The SMILES string of the molecule is CCCCCCCCCOc1ccc(OC(=O)CCCCCCCC)c(OC(=O)CCCCCCCC)c1. The molecule has 0 aliphatic rings. The first kappa shape index (κ1) is 34.0. The predicted molar refractivity (Wildman–Crippen MR) is 157 cm³/mol. The first-order valence-electron chi connectivity index (χ1n) is 15.8. The average molecular weight is 533 g/mol. The fraction of sp³-hybridized carbons (Fsp3) is 0.758. The minimum absolute atomic E-state index is 0.273. The second kappa shape index (κ2) is 24.0. The van der Waals surface area contributed by atoms with Gasteiger partial charge in [-0.3, -0.25) is 9.59 Å². The molecule has 1 aromatic carbocycles. The van der Waals surface area contributed by atoms with E-state index in [0.29, 0.717) is 30.9 Å². The largest absolute Gasteiger partial charge is 0.493 e. The van der Waals surface area contributed by atoms with Gasteiger partial charge in [0.1, 0.15) is 5.75 Å². The lowest BCUT2D eigenvalue weighted by Crippen LogP contribution is -2.12. The van der Waals surface area contributed by atoms with E-state index in [0.717, 1.165) is 51.4 Å². The van der Waals surface area contributed by atoms with E-state index in [1.54, 1.807) is 18.2 Å². The molecule has 0 fully saturated rings. The summed E-state index contributed by atoms with van der Waals surface area (Å²) >= 11 is 0. The molecule has 0 aliphatic heterocycles. The van der Waals surface area contributed by atoms with E-state index >= 15 is 0 Å². The van der Waals surface area contributed by atoms with Crippen molar-refractivity contribution in [2.24, 2.45) is 0 Å². The Balaban J connectivity index is 2.60. The Morgan fingerprint density at radius 2 is 0.947 bits per heavy atom. The molecule has 38 heavy (non-hydrogen) atoms. The van der Waals surface area contributed by atoms with Gasteiger partial charge in [-0.15, -0.1) is 0 Å².